The number of aromatic nitrogens is 2. The minimum Gasteiger partial charge on any atom is -0.312 e. The first-order valence-electron chi connectivity index (χ1n) is 5.67. The van der Waals surface area contributed by atoms with E-state index in [4.69, 9.17) is 0 Å². The Kier molecular flexibility index (Phi) is 2.26. The summed E-state index contributed by atoms with van der Waals surface area (Å²) in [5.41, 5.74) is 5.35. The Morgan fingerprint density at radius 1 is 1.38 bits per heavy atom. The Morgan fingerprint density at radius 3 is 3.12 bits per heavy atom. The molecular formula is C13H15N3. The van der Waals surface area contributed by atoms with Gasteiger partial charge in [0.25, 0.3) is 0 Å². The van der Waals surface area contributed by atoms with Gasteiger partial charge in [-0.25, -0.2) is 4.98 Å². The molecule has 1 N–H and O–H groups in total. The highest BCUT2D eigenvalue weighted by atomic mass is 15.0. The molecule has 0 spiro atoms. The molecule has 0 fully saturated rings. The van der Waals surface area contributed by atoms with Crippen LogP contribution in [-0.4, -0.2) is 16.1 Å². The van der Waals surface area contributed by atoms with Gasteiger partial charge in [0.05, 0.1) is 12.0 Å². The normalized spacial score (nSPS) is 14.8. The molecule has 3 heteroatoms. The lowest BCUT2D eigenvalue weighted by molar-refractivity contribution is 0.640. The van der Waals surface area contributed by atoms with Gasteiger partial charge < -0.3 is 9.88 Å². The number of imidazole rings is 1. The third-order valence-corrected chi connectivity index (χ3v) is 3.20. The highest BCUT2D eigenvalue weighted by Crippen LogP contribution is 2.22. The van der Waals surface area contributed by atoms with Crippen LogP contribution in [0.3, 0.4) is 0 Å². The predicted octanol–water partition coefficient (Wildman–Crippen LogP) is 1.83. The Bertz CT molecular complexity index is 514. The molecule has 1 aromatic heterocycles. The molecule has 16 heavy (non-hydrogen) atoms. The Hall–Kier alpha value is -1.61. The molecule has 2 aromatic rings. The first-order valence-corrected chi connectivity index (χ1v) is 5.67. The van der Waals surface area contributed by atoms with Crippen LogP contribution in [0.1, 0.15) is 16.8 Å². The summed E-state index contributed by atoms with van der Waals surface area (Å²) in [4.78, 5) is 4.19. The number of benzene rings is 1. The number of aryl methyl sites for hydroxylation is 1. The summed E-state index contributed by atoms with van der Waals surface area (Å²) >= 11 is 0. The Morgan fingerprint density at radius 2 is 2.31 bits per heavy atom. The van der Waals surface area contributed by atoms with Gasteiger partial charge in [-0.3, -0.25) is 0 Å². The second kappa shape index (κ2) is 3.76. The second-order valence-electron chi connectivity index (χ2n) is 4.25. The number of hydrogen-bond acceptors (Lipinski definition) is 2. The summed E-state index contributed by atoms with van der Waals surface area (Å²) in [7, 11) is 0. The van der Waals surface area contributed by atoms with Crippen molar-refractivity contribution in [1.82, 2.24) is 14.9 Å². The van der Waals surface area contributed by atoms with Crippen molar-refractivity contribution < 1.29 is 0 Å². The molecule has 1 aliphatic rings. The fourth-order valence-electron chi connectivity index (χ4n) is 2.35. The standard InChI is InChI=1S/C13H15N3/c1-10-7-15-9-16(10)13-4-2-3-11-8-14-6-5-12(11)13/h2-4,7,9,14H,5-6,8H2,1H3. The molecule has 0 atom stereocenters. The van der Waals surface area contributed by atoms with E-state index in [9.17, 15) is 0 Å². The van der Waals surface area contributed by atoms with Gasteiger partial charge in [0, 0.05) is 18.4 Å². The highest BCUT2D eigenvalue weighted by molar-refractivity contribution is 5.48. The average molecular weight is 213 g/mol. The van der Waals surface area contributed by atoms with Crippen molar-refractivity contribution >= 4 is 0 Å². The molecule has 3 rings (SSSR count). The Labute approximate surface area is 95.1 Å². The molecule has 0 radical (unpaired) electrons. The van der Waals surface area contributed by atoms with Crippen molar-refractivity contribution in [3.05, 3.63) is 47.5 Å². The van der Waals surface area contributed by atoms with E-state index in [0.717, 1.165) is 19.5 Å². The number of nitrogens with one attached hydrogen (secondary N) is 1. The van der Waals surface area contributed by atoms with E-state index in [1.807, 2.05) is 12.5 Å². The van der Waals surface area contributed by atoms with Crippen LogP contribution in [0.25, 0.3) is 5.69 Å². The number of nitrogens with zero attached hydrogens (tertiary/aromatic N) is 2. The molecule has 0 bridgehead atoms. The van der Waals surface area contributed by atoms with Crippen LogP contribution in [0.2, 0.25) is 0 Å². The Balaban J connectivity index is 2.18. The lowest BCUT2D eigenvalue weighted by Crippen LogP contribution is -2.24. The van der Waals surface area contributed by atoms with Crippen molar-refractivity contribution in [3.8, 4) is 5.69 Å². The molecule has 3 nitrogen and oxygen atoms in total. The highest BCUT2D eigenvalue weighted by Gasteiger charge is 2.13. The minimum absolute atomic E-state index is 0.983. The van der Waals surface area contributed by atoms with Crippen LogP contribution in [-0.2, 0) is 13.0 Å². The zero-order chi connectivity index (χ0) is 11.0. The summed E-state index contributed by atoms with van der Waals surface area (Å²) in [5.74, 6) is 0. The SMILES string of the molecule is Cc1cncn1-c1cccc2c1CCNC2. The molecule has 0 amide bonds. The van der Waals surface area contributed by atoms with Crippen molar-refractivity contribution in [2.45, 2.75) is 19.9 Å². The van der Waals surface area contributed by atoms with Gasteiger partial charge in [-0.05, 0) is 37.1 Å². The maximum Gasteiger partial charge on any atom is 0.0994 e. The van der Waals surface area contributed by atoms with E-state index in [1.165, 1.54) is 22.5 Å². The molecule has 2 heterocycles. The zero-order valence-electron chi connectivity index (χ0n) is 9.40. The van der Waals surface area contributed by atoms with Gasteiger partial charge in [-0.1, -0.05) is 12.1 Å². The summed E-state index contributed by atoms with van der Waals surface area (Å²) in [6, 6.07) is 6.51. The predicted molar refractivity (Wildman–Crippen MR) is 63.7 cm³/mol. The van der Waals surface area contributed by atoms with E-state index >= 15 is 0 Å². The van der Waals surface area contributed by atoms with E-state index < -0.39 is 0 Å². The van der Waals surface area contributed by atoms with Gasteiger partial charge >= 0.3 is 0 Å². The lowest BCUT2D eigenvalue weighted by atomic mass is 9.99. The van der Waals surface area contributed by atoms with Gasteiger partial charge in [-0.2, -0.15) is 0 Å². The topological polar surface area (TPSA) is 29.9 Å². The van der Waals surface area contributed by atoms with E-state index in [-0.39, 0.29) is 0 Å². The number of hydrogen-bond donors (Lipinski definition) is 1. The number of rotatable bonds is 1. The van der Waals surface area contributed by atoms with Crippen LogP contribution in [0.15, 0.2) is 30.7 Å². The van der Waals surface area contributed by atoms with Crippen molar-refractivity contribution in [1.29, 1.82) is 0 Å². The van der Waals surface area contributed by atoms with Gasteiger partial charge in [0.1, 0.15) is 0 Å². The molecule has 0 unspecified atom stereocenters. The van der Waals surface area contributed by atoms with Crippen molar-refractivity contribution in [2.24, 2.45) is 0 Å². The molecule has 1 aromatic carbocycles. The van der Waals surface area contributed by atoms with Crippen LogP contribution < -0.4 is 5.32 Å². The maximum absolute atomic E-state index is 4.19. The lowest BCUT2D eigenvalue weighted by Gasteiger charge is -2.21. The minimum atomic E-state index is 0.983. The zero-order valence-corrected chi connectivity index (χ0v) is 9.40. The molecular weight excluding hydrogens is 198 g/mol. The average Bonchev–Trinajstić information content (AvgIpc) is 2.75. The molecule has 1 aliphatic heterocycles. The first kappa shape index (κ1) is 9.60. The summed E-state index contributed by atoms with van der Waals surface area (Å²) in [6.07, 6.45) is 4.90. The fourth-order valence-corrected chi connectivity index (χ4v) is 2.35. The van der Waals surface area contributed by atoms with Crippen LogP contribution >= 0.6 is 0 Å². The largest absolute Gasteiger partial charge is 0.312 e. The van der Waals surface area contributed by atoms with E-state index in [0.29, 0.717) is 0 Å². The molecule has 82 valence electrons. The van der Waals surface area contributed by atoms with E-state index in [2.05, 4.69) is 40.0 Å². The quantitative estimate of drug-likeness (QED) is 0.783. The summed E-state index contributed by atoms with van der Waals surface area (Å²) in [6.45, 7) is 4.14. The molecule has 0 saturated carbocycles. The first-order chi connectivity index (χ1) is 7.86. The molecule has 0 saturated heterocycles. The van der Waals surface area contributed by atoms with Crippen LogP contribution in [0, 0.1) is 6.92 Å². The summed E-state index contributed by atoms with van der Waals surface area (Å²) in [5, 5.41) is 3.40. The van der Waals surface area contributed by atoms with Gasteiger partial charge in [-0.15, -0.1) is 0 Å². The third kappa shape index (κ3) is 1.44. The third-order valence-electron chi connectivity index (χ3n) is 3.20. The van der Waals surface area contributed by atoms with E-state index in [1.54, 1.807) is 0 Å². The number of fused-ring (bicyclic) bond motifs is 1. The van der Waals surface area contributed by atoms with Gasteiger partial charge in [0.15, 0.2) is 0 Å². The molecule has 0 aliphatic carbocycles. The second-order valence-corrected chi connectivity index (χ2v) is 4.25. The van der Waals surface area contributed by atoms with Crippen LogP contribution in [0.5, 0.6) is 0 Å². The maximum atomic E-state index is 4.19. The van der Waals surface area contributed by atoms with Gasteiger partial charge in [0.2, 0.25) is 0 Å². The van der Waals surface area contributed by atoms with Crippen LogP contribution in [0.4, 0.5) is 0 Å². The summed E-state index contributed by atoms with van der Waals surface area (Å²) < 4.78 is 2.17. The van der Waals surface area contributed by atoms with Crippen molar-refractivity contribution in [3.63, 3.8) is 0 Å². The fraction of sp³-hybridized carbons (Fsp3) is 0.308. The monoisotopic (exact) mass is 213 g/mol. The smallest absolute Gasteiger partial charge is 0.0994 e. The van der Waals surface area contributed by atoms with Crippen molar-refractivity contribution in [2.75, 3.05) is 6.54 Å².